The molecule has 0 saturated carbocycles. The zero-order chi connectivity index (χ0) is 14.3. The quantitative estimate of drug-likeness (QED) is 0.748. The maximum absolute atomic E-state index is 12.6. The molecular weight excluding hydrogens is 320 g/mol. The second kappa shape index (κ2) is 4.98. The molecule has 20 heavy (non-hydrogen) atoms. The summed E-state index contributed by atoms with van der Waals surface area (Å²) in [7, 11) is 0. The van der Waals surface area contributed by atoms with Crippen molar-refractivity contribution in [3.8, 4) is 5.75 Å². The van der Waals surface area contributed by atoms with Crippen LogP contribution < -0.4 is 5.56 Å². The van der Waals surface area contributed by atoms with Gasteiger partial charge in [-0.15, -0.1) is 0 Å². The van der Waals surface area contributed by atoms with Gasteiger partial charge in [0.25, 0.3) is 5.56 Å². The number of phenolic OH excluding ortho intramolecular Hbond substituents is 1. The van der Waals surface area contributed by atoms with Gasteiger partial charge in [-0.3, -0.25) is 4.79 Å². The van der Waals surface area contributed by atoms with E-state index in [4.69, 9.17) is 0 Å². The van der Waals surface area contributed by atoms with Crippen molar-refractivity contribution in [3.05, 3.63) is 46.9 Å². The molecule has 1 N–H and O–H groups in total. The smallest absolute Gasteiger partial charge is 0.275 e. The van der Waals surface area contributed by atoms with Crippen molar-refractivity contribution in [3.63, 3.8) is 0 Å². The van der Waals surface area contributed by atoms with Crippen molar-refractivity contribution in [1.29, 1.82) is 0 Å². The van der Waals surface area contributed by atoms with E-state index in [1.54, 1.807) is 22.8 Å². The number of fused-ring (bicyclic) bond motifs is 3. The minimum Gasteiger partial charge on any atom is -0.506 e. The molecule has 0 aliphatic carbocycles. The van der Waals surface area contributed by atoms with Crippen LogP contribution in [0.5, 0.6) is 5.75 Å². The molecule has 0 bridgehead atoms. The molecule has 2 aromatic heterocycles. The van der Waals surface area contributed by atoms with Crippen molar-refractivity contribution in [2.45, 2.75) is 13.5 Å². The lowest BCUT2D eigenvalue weighted by molar-refractivity contribution is 0.470. The Kier molecular flexibility index (Phi) is 3.30. The first-order valence-electron chi connectivity index (χ1n) is 6.51. The Bertz CT molecular complexity index is 835. The molecule has 3 rings (SSSR count). The second-order valence-electron chi connectivity index (χ2n) is 5.08. The number of para-hydroxylation sites is 1. The Balaban J connectivity index is 2.45. The van der Waals surface area contributed by atoms with Crippen LogP contribution in [-0.4, -0.2) is 19.4 Å². The molecule has 2 heterocycles. The minimum atomic E-state index is -0.0724. The van der Waals surface area contributed by atoms with Crippen LogP contribution in [0, 0.1) is 5.92 Å². The molecule has 0 spiro atoms. The number of rotatable bonds is 3. The van der Waals surface area contributed by atoms with E-state index in [0.29, 0.717) is 23.5 Å². The topological polar surface area (TPSA) is 46.6 Å². The first kappa shape index (κ1) is 13.2. The fourth-order valence-corrected chi connectivity index (χ4v) is 2.73. The highest BCUT2D eigenvalue weighted by atomic mass is 79.9. The molecule has 1 unspecified atom stereocenters. The SMILES string of the molecule is CC(CBr)Cn1c(=O)c2cccn2c2cccc(O)c21. The van der Waals surface area contributed by atoms with Crippen molar-refractivity contribution in [1.82, 2.24) is 8.97 Å². The number of aromatic hydroxyl groups is 1. The summed E-state index contributed by atoms with van der Waals surface area (Å²) < 4.78 is 3.50. The molecule has 0 aliphatic heterocycles. The lowest BCUT2D eigenvalue weighted by Crippen LogP contribution is -2.25. The van der Waals surface area contributed by atoms with Crippen molar-refractivity contribution >= 4 is 32.5 Å². The zero-order valence-electron chi connectivity index (χ0n) is 11.1. The predicted molar refractivity (Wildman–Crippen MR) is 83.8 cm³/mol. The van der Waals surface area contributed by atoms with E-state index in [9.17, 15) is 9.90 Å². The Morgan fingerprint density at radius 1 is 1.25 bits per heavy atom. The van der Waals surface area contributed by atoms with Gasteiger partial charge in [-0.25, -0.2) is 0 Å². The second-order valence-corrected chi connectivity index (χ2v) is 5.73. The largest absolute Gasteiger partial charge is 0.506 e. The lowest BCUT2D eigenvalue weighted by Gasteiger charge is -2.16. The number of nitrogens with zero attached hydrogens (tertiary/aromatic N) is 2. The molecule has 0 amide bonds. The van der Waals surface area contributed by atoms with E-state index >= 15 is 0 Å². The summed E-state index contributed by atoms with van der Waals surface area (Å²) >= 11 is 3.44. The van der Waals surface area contributed by atoms with E-state index in [0.717, 1.165) is 10.8 Å². The van der Waals surface area contributed by atoms with Gasteiger partial charge in [0.15, 0.2) is 0 Å². The molecule has 0 radical (unpaired) electrons. The number of benzene rings is 1. The summed E-state index contributed by atoms with van der Waals surface area (Å²) in [5.41, 5.74) is 1.99. The van der Waals surface area contributed by atoms with Crippen molar-refractivity contribution < 1.29 is 5.11 Å². The number of phenols is 1. The van der Waals surface area contributed by atoms with Gasteiger partial charge >= 0.3 is 0 Å². The Labute approximate surface area is 124 Å². The summed E-state index contributed by atoms with van der Waals surface area (Å²) in [5, 5.41) is 11.0. The van der Waals surface area contributed by atoms with Crippen LogP contribution in [0.4, 0.5) is 0 Å². The van der Waals surface area contributed by atoms with Crippen molar-refractivity contribution in [2.24, 2.45) is 5.92 Å². The van der Waals surface area contributed by atoms with Gasteiger partial charge < -0.3 is 14.1 Å². The monoisotopic (exact) mass is 334 g/mol. The minimum absolute atomic E-state index is 0.0724. The molecule has 3 aromatic rings. The predicted octanol–water partition coefficient (Wildman–Crippen LogP) is 2.99. The van der Waals surface area contributed by atoms with Crippen LogP contribution >= 0.6 is 15.9 Å². The van der Waals surface area contributed by atoms with E-state index < -0.39 is 0 Å². The molecule has 0 aliphatic rings. The van der Waals surface area contributed by atoms with Crippen LogP contribution in [0.15, 0.2) is 41.3 Å². The lowest BCUT2D eigenvalue weighted by atomic mass is 10.2. The summed E-state index contributed by atoms with van der Waals surface area (Å²) in [5.74, 6) is 0.435. The first-order chi connectivity index (χ1) is 9.63. The van der Waals surface area contributed by atoms with Gasteiger partial charge in [0.05, 0.1) is 5.52 Å². The van der Waals surface area contributed by atoms with E-state index in [-0.39, 0.29) is 11.3 Å². The molecule has 0 saturated heterocycles. The van der Waals surface area contributed by atoms with Crippen LogP contribution in [-0.2, 0) is 6.54 Å². The molecule has 1 atom stereocenters. The average molecular weight is 335 g/mol. The van der Waals surface area contributed by atoms with Gasteiger partial charge in [-0.05, 0) is 30.2 Å². The van der Waals surface area contributed by atoms with Crippen molar-refractivity contribution in [2.75, 3.05) is 5.33 Å². The average Bonchev–Trinajstić information content (AvgIpc) is 2.93. The Morgan fingerprint density at radius 2 is 2.00 bits per heavy atom. The van der Waals surface area contributed by atoms with Crippen LogP contribution in [0.1, 0.15) is 6.92 Å². The molecule has 4 nitrogen and oxygen atoms in total. The fraction of sp³-hybridized carbons (Fsp3) is 0.267. The highest BCUT2D eigenvalue weighted by Gasteiger charge is 2.14. The molecular formula is C15H15BrN2O2. The summed E-state index contributed by atoms with van der Waals surface area (Å²) in [4.78, 5) is 12.6. The molecule has 5 heteroatoms. The Morgan fingerprint density at radius 3 is 2.75 bits per heavy atom. The summed E-state index contributed by atoms with van der Waals surface area (Å²) in [6.07, 6.45) is 1.84. The fourth-order valence-electron chi connectivity index (χ4n) is 2.53. The Hall–Kier alpha value is -1.75. The maximum Gasteiger partial charge on any atom is 0.275 e. The van der Waals surface area contributed by atoms with E-state index in [1.165, 1.54) is 0 Å². The number of aromatic nitrogens is 2. The normalized spacial score (nSPS) is 13.1. The van der Waals surface area contributed by atoms with Gasteiger partial charge in [0.1, 0.15) is 16.8 Å². The third-order valence-corrected chi connectivity index (χ3v) is 4.60. The van der Waals surface area contributed by atoms with Gasteiger partial charge in [0.2, 0.25) is 0 Å². The van der Waals surface area contributed by atoms with Crippen LogP contribution in [0.2, 0.25) is 0 Å². The zero-order valence-corrected chi connectivity index (χ0v) is 12.7. The maximum atomic E-state index is 12.6. The third kappa shape index (κ3) is 1.93. The number of alkyl halides is 1. The summed E-state index contributed by atoms with van der Waals surface area (Å²) in [6.45, 7) is 2.63. The van der Waals surface area contributed by atoms with Crippen LogP contribution in [0.3, 0.4) is 0 Å². The highest BCUT2D eigenvalue weighted by molar-refractivity contribution is 9.09. The number of hydrogen-bond acceptors (Lipinski definition) is 2. The van der Waals surface area contributed by atoms with Gasteiger partial charge in [0, 0.05) is 18.1 Å². The van der Waals surface area contributed by atoms with Gasteiger partial charge in [-0.1, -0.05) is 28.9 Å². The van der Waals surface area contributed by atoms with Crippen LogP contribution in [0.25, 0.3) is 16.6 Å². The van der Waals surface area contributed by atoms with E-state index in [1.807, 2.05) is 22.7 Å². The molecule has 1 aromatic carbocycles. The first-order valence-corrected chi connectivity index (χ1v) is 7.63. The van der Waals surface area contributed by atoms with E-state index in [2.05, 4.69) is 22.9 Å². The summed E-state index contributed by atoms with van der Waals surface area (Å²) in [6, 6.07) is 8.97. The number of halogens is 1. The molecule has 0 fully saturated rings. The standard InChI is InChI=1S/C15H15BrN2O2/c1-10(8-16)9-18-14-11(4-2-6-13(14)19)17-7-3-5-12(17)15(18)20/h2-7,10,19H,8-9H2,1H3. The third-order valence-electron chi connectivity index (χ3n) is 3.49. The van der Waals surface area contributed by atoms with Gasteiger partial charge in [-0.2, -0.15) is 0 Å². The number of hydrogen-bond donors (Lipinski definition) is 1. The highest BCUT2D eigenvalue weighted by Crippen LogP contribution is 2.25. The molecule has 104 valence electrons.